The minimum atomic E-state index is 0.122. The molecule has 0 bridgehead atoms. The molecule has 3 heterocycles. The van der Waals surface area contributed by atoms with E-state index in [2.05, 4.69) is 15.0 Å². The van der Waals surface area contributed by atoms with Gasteiger partial charge in [0.05, 0.1) is 5.02 Å². The Balaban J connectivity index is 1.16. The Labute approximate surface area is 184 Å². The molecule has 30 heavy (non-hydrogen) atoms. The summed E-state index contributed by atoms with van der Waals surface area (Å²) in [7, 11) is 0. The van der Waals surface area contributed by atoms with Crippen LogP contribution in [0.2, 0.25) is 5.02 Å². The maximum atomic E-state index is 12.5. The molecule has 0 aliphatic carbocycles. The van der Waals surface area contributed by atoms with Crippen molar-refractivity contribution in [2.24, 2.45) is 0 Å². The zero-order valence-corrected chi connectivity index (χ0v) is 18.1. The Morgan fingerprint density at radius 1 is 1.20 bits per heavy atom. The van der Waals surface area contributed by atoms with Crippen molar-refractivity contribution >= 4 is 28.8 Å². The van der Waals surface area contributed by atoms with Crippen LogP contribution in [-0.2, 0) is 11.2 Å². The molecule has 3 aromatic rings. The van der Waals surface area contributed by atoms with Crippen LogP contribution < -0.4 is 4.74 Å². The van der Waals surface area contributed by atoms with E-state index in [0.717, 1.165) is 38.3 Å². The lowest BCUT2D eigenvalue weighted by Crippen LogP contribution is -2.49. The summed E-state index contributed by atoms with van der Waals surface area (Å²) < 4.78 is 11.0. The first-order valence-corrected chi connectivity index (χ1v) is 11.2. The van der Waals surface area contributed by atoms with E-state index in [-0.39, 0.29) is 5.91 Å². The molecule has 0 saturated carbocycles. The van der Waals surface area contributed by atoms with Crippen molar-refractivity contribution in [2.45, 2.75) is 12.8 Å². The fraction of sp³-hybridized carbons (Fsp3) is 0.381. The molecular formula is C21H23ClN4O3S. The predicted octanol–water partition coefficient (Wildman–Crippen LogP) is 3.61. The monoisotopic (exact) mass is 446 g/mol. The van der Waals surface area contributed by atoms with Gasteiger partial charge in [-0.3, -0.25) is 9.69 Å². The van der Waals surface area contributed by atoms with Crippen LogP contribution in [0.3, 0.4) is 0 Å². The molecule has 0 unspecified atom stereocenters. The number of thiophene rings is 1. The van der Waals surface area contributed by atoms with Gasteiger partial charge in [0, 0.05) is 56.5 Å². The second-order valence-electron chi connectivity index (χ2n) is 7.03. The molecule has 0 radical (unpaired) electrons. The number of halogens is 1. The van der Waals surface area contributed by atoms with E-state index < -0.39 is 0 Å². The third-order valence-corrected chi connectivity index (χ3v) is 6.02. The lowest BCUT2D eigenvalue weighted by molar-refractivity contribution is -0.133. The van der Waals surface area contributed by atoms with Gasteiger partial charge < -0.3 is 14.2 Å². The molecule has 1 saturated heterocycles. The maximum Gasteiger partial charge on any atom is 0.227 e. The Bertz CT molecular complexity index is 955. The number of aromatic nitrogens is 2. The van der Waals surface area contributed by atoms with Crippen molar-refractivity contribution in [2.75, 3.05) is 39.3 Å². The van der Waals surface area contributed by atoms with Gasteiger partial charge in [0.25, 0.3) is 0 Å². The third-order valence-electron chi connectivity index (χ3n) is 5.03. The van der Waals surface area contributed by atoms with Crippen molar-refractivity contribution in [3.05, 3.63) is 52.0 Å². The maximum absolute atomic E-state index is 12.5. The van der Waals surface area contributed by atoms with E-state index in [0.29, 0.717) is 41.9 Å². The molecule has 1 amide bonds. The van der Waals surface area contributed by atoms with Gasteiger partial charge in [0.15, 0.2) is 0 Å². The van der Waals surface area contributed by atoms with Crippen molar-refractivity contribution in [1.29, 1.82) is 0 Å². The van der Waals surface area contributed by atoms with Gasteiger partial charge in [-0.1, -0.05) is 28.9 Å². The summed E-state index contributed by atoms with van der Waals surface area (Å²) >= 11 is 7.69. The van der Waals surface area contributed by atoms with Crippen LogP contribution in [0.5, 0.6) is 5.75 Å². The van der Waals surface area contributed by atoms with Gasteiger partial charge in [0.2, 0.25) is 17.6 Å². The van der Waals surface area contributed by atoms with Crippen molar-refractivity contribution in [3.63, 3.8) is 0 Å². The first-order chi connectivity index (χ1) is 14.7. The van der Waals surface area contributed by atoms with Crippen LogP contribution in [0.4, 0.5) is 0 Å². The summed E-state index contributed by atoms with van der Waals surface area (Å²) in [5, 5.41) is 8.55. The first-order valence-electron chi connectivity index (χ1n) is 9.91. The zero-order chi connectivity index (χ0) is 20.8. The number of benzene rings is 1. The smallest absolute Gasteiger partial charge is 0.227 e. The van der Waals surface area contributed by atoms with E-state index in [1.807, 2.05) is 46.0 Å². The standard InChI is InChI=1S/C21H23ClN4O3S/c22-17-3-1-2-4-18(17)28-13-12-25-8-10-26(11-9-25)20(27)6-5-19-23-21(24-29-19)16-7-14-30-15-16/h1-4,7,14-15H,5-6,8-13H2. The zero-order valence-electron chi connectivity index (χ0n) is 16.5. The van der Waals surface area contributed by atoms with E-state index in [4.69, 9.17) is 20.9 Å². The highest BCUT2D eigenvalue weighted by Gasteiger charge is 2.21. The Morgan fingerprint density at radius 2 is 2.03 bits per heavy atom. The van der Waals surface area contributed by atoms with Gasteiger partial charge in [-0.05, 0) is 23.6 Å². The first kappa shape index (κ1) is 20.8. The fourth-order valence-electron chi connectivity index (χ4n) is 3.30. The highest BCUT2D eigenvalue weighted by Crippen LogP contribution is 2.23. The number of aryl methyl sites for hydroxylation is 1. The molecule has 2 aromatic heterocycles. The number of rotatable bonds is 8. The van der Waals surface area contributed by atoms with Crippen LogP contribution >= 0.6 is 22.9 Å². The molecule has 1 aromatic carbocycles. The van der Waals surface area contributed by atoms with Crippen LogP contribution in [0.25, 0.3) is 11.4 Å². The average molecular weight is 447 g/mol. The molecule has 9 heteroatoms. The summed E-state index contributed by atoms with van der Waals surface area (Å²) in [6.07, 6.45) is 0.836. The average Bonchev–Trinajstić information content (AvgIpc) is 3.46. The number of amides is 1. The number of nitrogens with zero attached hydrogens (tertiary/aromatic N) is 4. The summed E-state index contributed by atoms with van der Waals surface area (Å²) in [5.41, 5.74) is 0.941. The van der Waals surface area contributed by atoms with E-state index in [9.17, 15) is 4.79 Å². The Morgan fingerprint density at radius 3 is 2.80 bits per heavy atom. The molecule has 4 rings (SSSR count). The van der Waals surface area contributed by atoms with Crippen LogP contribution in [-0.4, -0.2) is 65.2 Å². The highest BCUT2D eigenvalue weighted by molar-refractivity contribution is 7.08. The number of para-hydroxylation sites is 1. The summed E-state index contributed by atoms with van der Waals surface area (Å²) in [4.78, 5) is 21.1. The predicted molar refractivity (Wildman–Crippen MR) is 116 cm³/mol. The number of carbonyl (C=O) groups excluding carboxylic acids is 1. The Kier molecular flexibility index (Phi) is 6.99. The van der Waals surface area contributed by atoms with Crippen molar-refractivity contribution in [3.8, 4) is 17.1 Å². The summed E-state index contributed by atoms with van der Waals surface area (Å²) in [6, 6.07) is 9.42. The molecule has 1 aliphatic rings. The number of carbonyl (C=O) groups is 1. The van der Waals surface area contributed by atoms with Crippen molar-refractivity contribution < 1.29 is 14.1 Å². The van der Waals surface area contributed by atoms with E-state index in [1.165, 1.54) is 0 Å². The van der Waals surface area contributed by atoms with Crippen LogP contribution in [0, 0.1) is 0 Å². The number of hydrogen-bond donors (Lipinski definition) is 0. The lowest BCUT2D eigenvalue weighted by Gasteiger charge is -2.34. The number of ether oxygens (including phenoxy) is 1. The molecule has 0 atom stereocenters. The second-order valence-corrected chi connectivity index (χ2v) is 8.21. The third kappa shape index (κ3) is 5.38. The normalized spacial score (nSPS) is 14.8. The molecule has 0 N–H and O–H groups in total. The number of piperazine rings is 1. The quantitative estimate of drug-likeness (QED) is 0.526. The van der Waals surface area contributed by atoms with E-state index in [1.54, 1.807) is 11.3 Å². The largest absolute Gasteiger partial charge is 0.491 e. The summed E-state index contributed by atoms with van der Waals surface area (Å²) in [6.45, 7) is 4.48. The van der Waals surface area contributed by atoms with Gasteiger partial charge in [-0.15, -0.1) is 0 Å². The fourth-order valence-corrected chi connectivity index (χ4v) is 4.13. The second kappa shape index (κ2) is 10.1. The van der Waals surface area contributed by atoms with Crippen LogP contribution in [0.1, 0.15) is 12.3 Å². The minimum absolute atomic E-state index is 0.122. The van der Waals surface area contributed by atoms with Gasteiger partial charge in [-0.25, -0.2) is 0 Å². The van der Waals surface area contributed by atoms with Crippen LogP contribution in [0.15, 0.2) is 45.6 Å². The van der Waals surface area contributed by atoms with E-state index >= 15 is 0 Å². The number of hydrogen-bond acceptors (Lipinski definition) is 7. The summed E-state index contributed by atoms with van der Waals surface area (Å²) in [5.74, 6) is 1.90. The molecule has 1 fully saturated rings. The lowest BCUT2D eigenvalue weighted by atomic mass is 10.2. The van der Waals surface area contributed by atoms with Crippen molar-refractivity contribution in [1.82, 2.24) is 19.9 Å². The Hall–Kier alpha value is -2.42. The molecule has 158 valence electrons. The molecular weight excluding hydrogens is 424 g/mol. The molecule has 0 spiro atoms. The van der Waals surface area contributed by atoms with Gasteiger partial charge in [-0.2, -0.15) is 16.3 Å². The molecule has 7 nitrogen and oxygen atoms in total. The SMILES string of the molecule is O=C(CCc1nc(-c2ccsc2)no1)N1CCN(CCOc2ccccc2Cl)CC1. The van der Waals surface area contributed by atoms with Gasteiger partial charge >= 0.3 is 0 Å². The highest BCUT2D eigenvalue weighted by atomic mass is 35.5. The minimum Gasteiger partial charge on any atom is -0.491 e. The van der Waals surface area contributed by atoms with Gasteiger partial charge in [0.1, 0.15) is 12.4 Å². The molecule has 1 aliphatic heterocycles. The topological polar surface area (TPSA) is 71.7 Å².